The zero-order valence-corrected chi connectivity index (χ0v) is 37.8. The summed E-state index contributed by atoms with van der Waals surface area (Å²) in [6, 6.07) is 35.4. The van der Waals surface area contributed by atoms with Gasteiger partial charge in [0, 0.05) is 68.9 Å². The van der Waals surface area contributed by atoms with Crippen LogP contribution in [0.4, 0.5) is 0 Å². The van der Waals surface area contributed by atoms with Crippen molar-refractivity contribution in [3.8, 4) is 22.8 Å². The van der Waals surface area contributed by atoms with Crippen LogP contribution in [-0.2, 0) is 38.6 Å². The van der Waals surface area contributed by atoms with Crippen molar-refractivity contribution in [3.05, 3.63) is 162 Å². The van der Waals surface area contributed by atoms with Crippen LogP contribution in [0.5, 0.6) is 11.5 Å². The summed E-state index contributed by atoms with van der Waals surface area (Å²) in [4.78, 5) is 72.9. The number of phenolic OH excluding ortho intramolecular Hbond substituents is 1. The van der Waals surface area contributed by atoms with Crippen LogP contribution in [0.1, 0.15) is 47.4 Å². The van der Waals surface area contributed by atoms with Crippen LogP contribution in [0, 0.1) is 5.92 Å². The van der Waals surface area contributed by atoms with Crippen LogP contribution in [0.2, 0.25) is 0 Å². The third-order valence-electron chi connectivity index (χ3n) is 12.2. The number of carbonyl (C=O) groups excluding carboxylic acids is 4. The predicted octanol–water partition coefficient (Wildman–Crippen LogP) is 8.40. The van der Waals surface area contributed by atoms with E-state index in [9.17, 15) is 24.3 Å². The number of aromatic hydroxyl groups is 1. The second-order valence-corrected chi connectivity index (χ2v) is 17.3. The first-order valence-corrected chi connectivity index (χ1v) is 22.5. The summed E-state index contributed by atoms with van der Waals surface area (Å²) >= 11 is 0. The van der Waals surface area contributed by atoms with Gasteiger partial charge in [0.25, 0.3) is 5.91 Å². The van der Waals surface area contributed by atoms with Crippen LogP contribution in [0.3, 0.4) is 0 Å². The Morgan fingerprint density at radius 3 is 1.85 bits per heavy atom. The average Bonchev–Trinajstić information content (AvgIpc) is 4.08. The Hall–Kier alpha value is -8.39. The maximum absolute atomic E-state index is 15.0. The number of methoxy groups -OCH3 is 1. The van der Waals surface area contributed by atoms with Crippen molar-refractivity contribution >= 4 is 67.3 Å². The Bertz CT molecular complexity index is 3300. The van der Waals surface area contributed by atoms with Crippen molar-refractivity contribution in [3.63, 3.8) is 0 Å². The number of amides is 3. The Morgan fingerprint density at radius 2 is 1.22 bits per heavy atom. The van der Waals surface area contributed by atoms with Crippen molar-refractivity contribution in [2.24, 2.45) is 5.92 Å². The van der Waals surface area contributed by atoms with Crippen molar-refractivity contribution in [2.45, 2.75) is 57.8 Å². The number of esters is 1. The minimum Gasteiger partial charge on any atom is -0.504 e. The van der Waals surface area contributed by atoms with E-state index in [2.05, 4.69) is 30.9 Å². The molecule has 0 aliphatic carbocycles. The molecule has 0 saturated carbocycles. The lowest BCUT2D eigenvalue weighted by Crippen LogP contribution is -2.57. The Kier molecular flexibility index (Phi) is 12.9. The number of fused-ring (bicyclic) bond motifs is 5. The summed E-state index contributed by atoms with van der Waals surface area (Å²) in [5, 5.41) is 22.6. The second-order valence-electron chi connectivity index (χ2n) is 17.3. The van der Waals surface area contributed by atoms with Crippen molar-refractivity contribution in [1.29, 1.82) is 0 Å². The number of carbonyl (C=O) groups is 4. The molecule has 0 bridgehead atoms. The molecule has 68 heavy (non-hydrogen) atoms. The molecule has 0 fully saturated rings. The summed E-state index contributed by atoms with van der Waals surface area (Å²) in [5.41, 5.74) is 6.53. The smallest absolute Gasteiger partial charge is 0.328 e. The Balaban J connectivity index is 1.06. The number of aromatic amines is 3. The third kappa shape index (κ3) is 9.61. The van der Waals surface area contributed by atoms with Gasteiger partial charge in [0.2, 0.25) is 11.8 Å². The van der Waals surface area contributed by atoms with E-state index < -0.39 is 41.8 Å². The van der Waals surface area contributed by atoms with Gasteiger partial charge in [0.05, 0.1) is 18.3 Å². The fourth-order valence-electron chi connectivity index (χ4n) is 8.75. The topological polar surface area (TPSA) is 203 Å². The fourth-order valence-corrected chi connectivity index (χ4v) is 8.75. The highest BCUT2D eigenvalue weighted by Gasteiger charge is 2.33. The second kappa shape index (κ2) is 19.6. The quantitative estimate of drug-likeness (QED) is 0.0441. The molecular weight excluding hydrogens is 859 g/mol. The lowest BCUT2D eigenvalue weighted by Gasteiger charge is -2.26. The van der Waals surface area contributed by atoms with Gasteiger partial charge in [-0.05, 0) is 71.5 Å². The van der Waals surface area contributed by atoms with Gasteiger partial charge in [0.1, 0.15) is 30.4 Å². The normalized spacial score (nSPS) is 12.8. The molecule has 344 valence electrons. The van der Waals surface area contributed by atoms with Crippen LogP contribution in [0.25, 0.3) is 54.9 Å². The number of nitrogens with one attached hydrogen (secondary N) is 6. The average molecular weight is 910 g/mol. The number of phenols is 1. The molecule has 0 aliphatic rings. The van der Waals surface area contributed by atoms with Gasteiger partial charge in [-0.3, -0.25) is 14.4 Å². The van der Waals surface area contributed by atoms with Crippen LogP contribution < -0.4 is 20.7 Å². The first-order valence-electron chi connectivity index (χ1n) is 22.5. The molecule has 0 saturated heterocycles. The number of hydrogen-bond donors (Lipinski definition) is 7. The number of ether oxygens (including phenoxy) is 2. The third-order valence-corrected chi connectivity index (χ3v) is 12.2. The molecule has 5 aromatic carbocycles. The SMILES string of the molecule is COc1cc(-c2nc(C(=O)N[C@@H](Cc3c[nH]c4ccccc34)C(=O)N[C@@H](Cc3c[nH]c4ccccc34)C(=O)N[C@@H](CC(C)C)C(=O)OCc3ccccc3)cc3c2[nH]c2ccccc23)ccc1O. The zero-order valence-electron chi connectivity index (χ0n) is 37.8. The number of H-pyrrole nitrogens is 3. The monoisotopic (exact) mass is 909 g/mol. The molecule has 0 unspecified atom stereocenters. The van der Waals surface area contributed by atoms with Crippen LogP contribution in [-0.4, -0.2) is 74.0 Å². The van der Waals surface area contributed by atoms with Gasteiger partial charge in [-0.1, -0.05) is 98.8 Å². The lowest BCUT2D eigenvalue weighted by atomic mass is 10.00. The van der Waals surface area contributed by atoms with Crippen LogP contribution >= 0.6 is 0 Å². The number of rotatable bonds is 17. The molecule has 9 aromatic rings. The minimum absolute atomic E-state index is 0.00988. The minimum atomic E-state index is -1.22. The molecule has 3 amide bonds. The Labute approximate surface area is 391 Å². The summed E-state index contributed by atoms with van der Waals surface area (Å²) in [7, 11) is 1.45. The number of benzene rings is 5. The highest BCUT2D eigenvalue weighted by molar-refractivity contribution is 6.13. The van der Waals surface area contributed by atoms with Gasteiger partial charge in [-0.2, -0.15) is 0 Å². The van der Waals surface area contributed by atoms with E-state index in [1.54, 1.807) is 30.6 Å². The molecule has 4 heterocycles. The standard InChI is InChI=1S/C54H51N7O7/c1-31(2)23-46(54(66)68-30-32-13-5-4-6-14-32)61-52(64)44(25-35-29-56-41-19-11-8-16-37(35)41)59-51(63)43(24-34-28-55-40-18-10-7-15-36(34)40)60-53(65)45-27-39-38-17-9-12-20-42(38)57-50(39)49(58-45)33-21-22-47(62)48(26-33)67-3/h4-22,26-29,31,43-44,46,55-57,62H,23-25,30H2,1-3H3,(H,59,63)(H,60,65)(H,61,64)/t43-,44-,46-/m0/s1. The molecule has 7 N–H and O–H groups in total. The maximum Gasteiger partial charge on any atom is 0.328 e. The summed E-state index contributed by atoms with van der Waals surface area (Å²) < 4.78 is 11.1. The first-order chi connectivity index (χ1) is 33.0. The number of pyridine rings is 1. The largest absolute Gasteiger partial charge is 0.504 e. The van der Waals surface area contributed by atoms with Crippen molar-refractivity contribution in [1.82, 2.24) is 35.9 Å². The molecule has 4 aromatic heterocycles. The van der Waals surface area contributed by atoms with Gasteiger partial charge >= 0.3 is 5.97 Å². The van der Waals surface area contributed by atoms with E-state index in [4.69, 9.17) is 14.5 Å². The molecule has 0 radical (unpaired) electrons. The van der Waals surface area contributed by atoms with E-state index in [-0.39, 0.29) is 42.6 Å². The van der Waals surface area contributed by atoms with E-state index >= 15 is 0 Å². The van der Waals surface area contributed by atoms with Gasteiger partial charge in [0.15, 0.2) is 11.5 Å². The van der Waals surface area contributed by atoms with E-state index in [0.29, 0.717) is 28.6 Å². The Morgan fingerprint density at radius 1 is 0.647 bits per heavy atom. The van der Waals surface area contributed by atoms with Gasteiger partial charge in [-0.25, -0.2) is 9.78 Å². The predicted molar refractivity (Wildman–Crippen MR) is 262 cm³/mol. The highest BCUT2D eigenvalue weighted by atomic mass is 16.5. The number of para-hydroxylation sites is 3. The highest BCUT2D eigenvalue weighted by Crippen LogP contribution is 2.36. The van der Waals surface area contributed by atoms with E-state index in [1.165, 1.54) is 13.2 Å². The summed E-state index contributed by atoms with van der Waals surface area (Å²) in [6.07, 6.45) is 4.00. The number of hydrogen-bond acceptors (Lipinski definition) is 8. The molecule has 0 spiro atoms. The molecule has 0 aliphatic heterocycles. The van der Waals surface area contributed by atoms with Crippen molar-refractivity contribution < 1.29 is 33.8 Å². The van der Waals surface area contributed by atoms with Gasteiger partial charge < -0.3 is 45.5 Å². The zero-order chi connectivity index (χ0) is 47.3. The van der Waals surface area contributed by atoms with Gasteiger partial charge in [-0.15, -0.1) is 0 Å². The first kappa shape index (κ1) is 44.8. The number of aromatic nitrogens is 4. The fraction of sp³-hybridized carbons (Fsp3) is 0.204. The summed E-state index contributed by atoms with van der Waals surface area (Å²) in [5.74, 6) is -2.28. The van der Waals surface area contributed by atoms with Crippen molar-refractivity contribution in [2.75, 3.05) is 7.11 Å². The molecule has 14 nitrogen and oxygen atoms in total. The molecule has 14 heteroatoms. The molecule has 9 rings (SSSR count). The maximum atomic E-state index is 15.0. The number of nitrogens with zero attached hydrogens (tertiary/aromatic N) is 1. The van der Waals surface area contributed by atoms with Crippen LogP contribution in [0.15, 0.2) is 140 Å². The lowest BCUT2D eigenvalue weighted by molar-refractivity contribution is -0.149. The molecule has 3 atom stereocenters. The van der Waals surface area contributed by atoms with E-state index in [0.717, 1.165) is 49.4 Å². The summed E-state index contributed by atoms with van der Waals surface area (Å²) in [6.45, 7) is 3.92. The van der Waals surface area contributed by atoms with E-state index in [1.807, 2.05) is 117 Å². The molecular formula is C54H51N7O7.